The molecular weight excluding hydrogens is 338 g/mol. The van der Waals surface area contributed by atoms with Crippen LogP contribution < -0.4 is 10.2 Å². The number of para-hydroxylation sites is 1. The molecule has 3 aromatic rings. The van der Waals surface area contributed by atoms with Gasteiger partial charge in [-0.1, -0.05) is 30.3 Å². The van der Waals surface area contributed by atoms with Gasteiger partial charge < -0.3 is 19.9 Å². The second kappa shape index (κ2) is 7.45. The molecule has 2 aromatic carbocycles. The van der Waals surface area contributed by atoms with Crippen LogP contribution in [-0.2, 0) is 9.53 Å². The second-order valence-corrected chi connectivity index (χ2v) is 7.25. The highest BCUT2D eigenvalue weighted by Crippen LogP contribution is 2.31. The zero-order valence-corrected chi connectivity index (χ0v) is 15.7. The van der Waals surface area contributed by atoms with Gasteiger partial charge in [0.1, 0.15) is 6.04 Å². The first-order valence-electron chi connectivity index (χ1n) is 9.37. The molecule has 0 unspecified atom stereocenters. The van der Waals surface area contributed by atoms with Crippen molar-refractivity contribution in [3.8, 4) is 0 Å². The smallest absolute Gasteiger partial charge is 0.323 e. The fourth-order valence-corrected chi connectivity index (χ4v) is 3.74. The standard InChI is InChI=1S/C22H25N3O2/c1-25(2)16-9-7-15(8-10-16)18(13-24-21-11-12-27-22(21)26)19-14-23-20-6-4-3-5-17(19)20/h3-10,14,18,21,23-24H,11-13H2,1-2H3/t18-,21+/m0/s1. The molecular formula is C22H25N3O2. The van der Waals surface area contributed by atoms with E-state index in [4.69, 9.17) is 4.74 Å². The molecule has 0 radical (unpaired) electrons. The minimum Gasteiger partial charge on any atom is -0.464 e. The molecule has 2 heterocycles. The lowest BCUT2D eigenvalue weighted by atomic mass is 9.90. The number of esters is 1. The van der Waals surface area contributed by atoms with Gasteiger partial charge in [0.15, 0.2) is 0 Å². The van der Waals surface area contributed by atoms with Gasteiger partial charge in [-0.15, -0.1) is 0 Å². The monoisotopic (exact) mass is 363 g/mol. The molecule has 0 bridgehead atoms. The predicted octanol–water partition coefficient (Wildman–Crippen LogP) is 3.27. The Morgan fingerprint density at radius 1 is 1.19 bits per heavy atom. The number of H-pyrrole nitrogens is 1. The topological polar surface area (TPSA) is 57.4 Å². The van der Waals surface area contributed by atoms with Gasteiger partial charge in [-0.3, -0.25) is 4.79 Å². The van der Waals surface area contributed by atoms with Gasteiger partial charge in [-0.25, -0.2) is 0 Å². The van der Waals surface area contributed by atoms with E-state index in [9.17, 15) is 4.79 Å². The van der Waals surface area contributed by atoms with E-state index in [-0.39, 0.29) is 17.9 Å². The molecule has 0 amide bonds. The molecule has 0 aliphatic carbocycles. The lowest BCUT2D eigenvalue weighted by molar-refractivity contribution is -0.139. The summed E-state index contributed by atoms with van der Waals surface area (Å²) in [5.74, 6) is 0.00129. The van der Waals surface area contributed by atoms with E-state index in [1.54, 1.807) is 0 Å². The number of hydrogen-bond donors (Lipinski definition) is 2. The summed E-state index contributed by atoms with van der Waals surface area (Å²) in [5.41, 5.74) is 4.76. The third kappa shape index (κ3) is 3.55. The van der Waals surface area contributed by atoms with E-state index in [0.29, 0.717) is 13.2 Å². The van der Waals surface area contributed by atoms with Gasteiger partial charge in [0.25, 0.3) is 0 Å². The summed E-state index contributed by atoms with van der Waals surface area (Å²) in [5, 5.41) is 4.64. The van der Waals surface area contributed by atoms with Crippen LogP contribution >= 0.6 is 0 Å². The molecule has 1 aliphatic rings. The fraction of sp³-hybridized carbons (Fsp3) is 0.318. The van der Waals surface area contributed by atoms with Crippen molar-refractivity contribution in [2.75, 3.05) is 32.1 Å². The number of anilines is 1. The van der Waals surface area contributed by atoms with E-state index >= 15 is 0 Å². The van der Waals surface area contributed by atoms with Crippen LogP contribution in [0, 0.1) is 0 Å². The minimum absolute atomic E-state index is 0.143. The van der Waals surface area contributed by atoms with Crippen molar-refractivity contribution in [3.63, 3.8) is 0 Å². The Bertz CT molecular complexity index is 930. The summed E-state index contributed by atoms with van der Waals surface area (Å²) >= 11 is 0. The number of benzene rings is 2. The van der Waals surface area contributed by atoms with Crippen LogP contribution in [0.4, 0.5) is 5.69 Å². The van der Waals surface area contributed by atoms with Crippen molar-refractivity contribution in [2.45, 2.75) is 18.4 Å². The molecule has 0 spiro atoms. The molecule has 140 valence electrons. The molecule has 2 N–H and O–H groups in total. The second-order valence-electron chi connectivity index (χ2n) is 7.25. The number of rotatable bonds is 6. The van der Waals surface area contributed by atoms with E-state index in [2.05, 4.69) is 63.9 Å². The normalized spacial score (nSPS) is 17.9. The van der Waals surface area contributed by atoms with Crippen LogP contribution in [0.5, 0.6) is 0 Å². The summed E-state index contributed by atoms with van der Waals surface area (Å²) in [7, 11) is 4.08. The summed E-state index contributed by atoms with van der Waals surface area (Å²) in [6, 6.07) is 16.8. The Hall–Kier alpha value is -2.79. The van der Waals surface area contributed by atoms with E-state index in [0.717, 1.165) is 11.9 Å². The Kier molecular flexibility index (Phi) is 4.86. The van der Waals surface area contributed by atoms with Crippen LogP contribution in [0.1, 0.15) is 23.5 Å². The Morgan fingerprint density at radius 2 is 1.96 bits per heavy atom. The average Bonchev–Trinajstić information content (AvgIpc) is 3.29. The molecule has 5 nitrogen and oxygen atoms in total. The molecule has 5 heteroatoms. The van der Waals surface area contributed by atoms with Crippen LogP contribution in [0.2, 0.25) is 0 Å². The van der Waals surface area contributed by atoms with Crippen molar-refractivity contribution in [3.05, 3.63) is 65.9 Å². The largest absolute Gasteiger partial charge is 0.464 e. The number of fused-ring (bicyclic) bond motifs is 1. The Labute approximate surface area is 159 Å². The van der Waals surface area contributed by atoms with Gasteiger partial charge in [0, 0.05) is 55.8 Å². The van der Waals surface area contributed by atoms with Gasteiger partial charge in [-0.2, -0.15) is 0 Å². The number of nitrogens with one attached hydrogen (secondary N) is 2. The van der Waals surface area contributed by atoms with Gasteiger partial charge in [-0.05, 0) is 29.3 Å². The molecule has 1 fully saturated rings. The van der Waals surface area contributed by atoms with Crippen molar-refractivity contribution in [1.29, 1.82) is 0 Å². The lowest BCUT2D eigenvalue weighted by Gasteiger charge is -2.21. The quantitative estimate of drug-likeness (QED) is 0.660. The van der Waals surface area contributed by atoms with E-state index in [1.165, 1.54) is 22.2 Å². The number of aromatic nitrogens is 1. The highest BCUT2D eigenvalue weighted by Gasteiger charge is 2.28. The van der Waals surface area contributed by atoms with Gasteiger partial charge in [0.05, 0.1) is 6.61 Å². The molecule has 2 atom stereocenters. The minimum atomic E-state index is -0.209. The third-order valence-electron chi connectivity index (χ3n) is 5.31. The summed E-state index contributed by atoms with van der Waals surface area (Å²) in [6.07, 6.45) is 2.82. The van der Waals surface area contributed by atoms with Gasteiger partial charge in [0.2, 0.25) is 0 Å². The summed E-state index contributed by atoms with van der Waals surface area (Å²) in [4.78, 5) is 17.3. The number of carbonyl (C=O) groups is 1. The maximum atomic E-state index is 11.8. The number of cyclic esters (lactones) is 1. The number of hydrogen-bond acceptors (Lipinski definition) is 4. The Morgan fingerprint density at radius 3 is 2.67 bits per heavy atom. The van der Waals surface area contributed by atoms with Crippen molar-refractivity contribution in [1.82, 2.24) is 10.3 Å². The maximum absolute atomic E-state index is 11.8. The van der Waals surface area contributed by atoms with Crippen molar-refractivity contribution in [2.24, 2.45) is 0 Å². The van der Waals surface area contributed by atoms with E-state index in [1.807, 2.05) is 20.2 Å². The highest BCUT2D eigenvalue weighted by atomic mass is 16.5. The predicted molar refractivity (Wildman–Crippen MR) is 108 cm³/mol. The van der Waals surface area contributed by atoms with Crippen LogP contribution in [0.15, 0.2) is 54.7 Å². The fourth-order valence-electron chi connectivity index (χ4n) is 3.74. The number of ether oxygens (including phenoxy) is 1. The number of aromatic amines is 1. The van der Waals surface area contributed by atoms with Crippen molar-refractivity contribution >= 4 is 22.6 Å². The maximum Gasteiger partial charge on any atom is 0.323 e. The first-order valence-corrected chi connectivity index (χ1v) is 9.37. The zero-order valence-electron chi connectivity index (χ0n) is 15.7. The van der Waals surface area contributed by atoms with E-state index < -0.39 is 0 Å². The van der Waals surface area contributed by atoms with Crippen LogP contribution in [0.25, 0.3) is 10.9 Å². The molecule has 1 saturated heterocycles. The first kappa shape index (κ1) is 17.6. The SMILES string of the molecule is CN(C)c1ccc([C@H](CN[C@@H]2CCOC2=O)c2c[nH]c3ccccc23)cc1. The molecule has 1 aliphatic heterocycles. The Balaban J connectivity index is 1.67. The van der Waals surface area contributed by atoms with Crippen molar-refractivity contribution < 1.29 is 9.53 Å². The summed E-state index contributed by atoms with van der Waals surface area (Å²) < 4.78 is 5.09. The molecule has 4 rings (SSSR count). The molecule has 0 saturated carbocycles. The highest BCUT2D eigenvalue weighted by molar-refractivity contribution is 5.84. The third-order valence-corrected chi connectivity index (χ3v) is 5.31. The van der Waals surface area contributed by atoms with Gasteiger partial charge >= 0.3 is 5.97 Å². The summed E-state index contributed by atoms with van der Waals surface area (Å²) in [6.45, 7) is 1.19. The average molecular weight is 363 g/mol. The lowest BCUT2D eigenvalue weighted by Crippen LogP contribution is -2.36. The number of carbonyl (C=O) groups excluding carboxylic acids is 1. The molecule has 1 aromatic heterocycles. The first-order chi connectivity index (χ1) is 13.1. The van der Waals surface area contributed by atoms with Crippen LogP contribution in [0.3, 0.4) is 0 Å². The number of nitrogens with zero attached hydrogens (tertiary/aromatic N) is 1. The zero-order chi connectivity index (χ0) is 18.8. The van der Waals surface area contributed by atoms with Crippen LogP contribution in [-0.4, -0.2) is 44.2 Å². The molecule has 27 heavy (non-hydrogen) atoms.